The molecule has 0 aliphatic heterocycles. The molecule has 58 heavy (non-hydrogen) atoms. The molecule has 1 atom stereocenters. The highest BCUT2D eigenvalue weighted by molar-refractivity contribution is 5.70. The molecule has 0 N–H and O–H groups in total. The summed E-state index contributed by atoms with van der Waals surface area (Å²) >= 11 is 0. The third-order valence-electron chi connectivity index (χ3n) is 11.5. The molecule has 0 heterocycles. The molecule has 0 amide bonds. The number of esters is 2. The lowest BCUT2D eigenvalue weighted by molar-refractivity contribution is -0.163. The van der Waals surface area contributed by atoms with Gasteiger partial charge in [-0.05, 0) is 70.6 Å². The SMILES string of the molecule is CCCCCC/C=C\CCCCCCCC(=O)OCC(COCCCCCCCC/C=C\CCCCCCCC)OC(=O)CCCCCCCCCCCCCCC. The Bertz CT molecular complexity index is 882. The van der Waals surface area contributed by atoms with Crippen LogP contribution in [0.15, 0.2) is 24.3 Å². The van der Waals surface area contributed by atoms with Gasteiger partial charge in [0, 0.05) is 19.4 Å². The molecule has 0 aromatic carbocycles. The van der Waals surface area contributed by atoms with E-state index in [1.54, 1.807) is 0 Å². The lowest BCUT2D eigenvalue weighted by Crippen LogP contribution is -2.30. The summed E-state index contributed by atoms with van der Waals surface area (Å²) in [5.74, 6) is -0.395. The molecule has 5 heteroatoms. The molecule has 0 bridgehead atoms. The van der Waals surface area contributed by atoms with Crippen molar-refractivity contribution in [1.29, 1.82) is 0 Å². The van der Waals surface area contributed by atoms with Gasteiger partial charge in [-0.15, -0.1) is 0 Å². The van der Waals surface area contributed by atoms with Crippen LogP contribution in [0.25, 0.3) is 0 Å². The van der Waals surface area contributed by atoms with Gasteiger partial charge in [-0.25, -0.2) is 0 Å². The number of carbonyl (C=O) groups excluding carboxylic acids is 2. The zero-order valence-electron chi connectivity index (χ0n) is 39.3. The molecule has 0 rings (SSSR count). The number of allylic oxidation sites excluding steroid dienone is 4. The Morgan fingerprint density at radius 3 is 1.07 bits per heavy atom. The van der Waals surface area contributed by atoms with Crippen LogP contribution in [-0.2, 0) is 23.8 Å². The Morgan fingerprint density at radius 2 is 0.672 bits per heavy atom. The van der Waals surface area contributed by atoms with Gasteiger partial charge in [-0.3, -0.25) is 9.59 Å². The van der Waals surface area contributed by atoms with E-state index < -0.39 is 6.10 Å². The summed E-state index contributed by atoms with van der Waals surface area (Å²) in [5.41, 5.74) is 0. The Kier molecular flexibility index (Phi) is 48.4. The van der Waals surface area contributed by atoms with Crippen LogP contribution in [0.3, 0.4) is 0 Å². The van der Waals surface area contributed by atoms with Crippen molar-refractivity contribution >= 4 is 11.9 Å². The average Bonchev–Trinajstić information content (AvgIpc) is 3.22. The zero-order chi connectivity index (χ0) is 42.1. The second-order valence-corrected chi connectivity index (χ2v) is 17.4. The minimum Gasteiger partial charge on any atom is -0.462 e. The highest BCUT2D eigenvalue weighted by atomic mass is 16.6. The highest BCUT2D eigenvalue weighted by Crippen LogP contribution is 2.15. The summed E-state index contributed by atoms with van der Waals surface area (Å²) in [4.78, 5) is 25.3. The van der Waals surface area contributed by atoms with Crippen molar-refractivity contribution in [3.8, 4) is 0 Å². The van der Waals surface area contributed by atoms with Crippen LogP contribution in [-0.4, -0.2) is 37.9 Å². The fraction of sp³-hybridized carbons (Fsp3) is 0.887. The van der Waals surface area contributed by atoms with E-state index in [2.05, 4.69) is 45.1 Å². The number of ether oxygens (including phenoxy) is 3. The minimum atomic E-state index is -0.535. The van der Waals surface area contributed by atoms with Gasteiger partial charge in [0.2, 0.25) is 0 Å². The molecule has 1 unspecified atom stereocenters. The van der Waals surface area contributed by atoms with Gasteiger partial charge in [0.25, 0.3) is 0 Å². The summed E-state index contributed by atoms with van der Waals surface area (Å²) in [6.45, 7) is 7.83. The van der Waals surface area contributed by atoms with Gasteiger partial charge < -0.3 is 14.2 Å². The number of carbonyl (C=O) groups is 2. The van der Waals surface area contributed by atoms with Crippen LogP contribution in [0.5, 0.6) is 0 Å². The predicted octanol–water partition coefficient (Wildman–Crippen LogP) is 17.2. The molecular formula is C53H100O5. The second kappa shape index (κ2) is 49.7. The quantitative estimate of drug-likeness (QED) is 0.0348. The molecule has 0 spiro atoms. The fourth-order valence-electron chi connectivity index (χ4n) is 7.56. The Morgan fingerprint density at radius 1 is 0.362 bits per heavy atom. The Labute approximate surface area is 362 Å². The number of hydrogen-bond donors (Lipinski definition) is 0. The molecule has 0 radical (unpaired) electrons. The van der Waals surface area contributed by atoms with E-state index in [0.29, 0.717) is 19.4 Å². The van der Waals surface area contributed by atoms with E-state index in [4.69, 9.17) is 14.2 Å². The number of hydrogen-bond acceptors (Lipinski definition) is 5. The molecule has 5 nitrogen and oxygen atoms in total. The second-order valence-electron chi connectivity index (χ2n) is 17.4. The van der Waals surface area contributed by atoms with Crippen LogP contribution in [0.2, 0.25) is 0 Å². The van der Waals surface area contributed by atoms with Gasteiger partial charge in [-0.1, -0.05) is 218 Å². The van der Waals surface area contributed by atoms with Crippen molar-refractivity contribution < 1.29 is 23.8 Å². The van der Waals surface area contributed by atoms with E-state index in [9.17, 15) is 9.59 Å². The molecule has 0 saturated carbocycles. The van der Waals surface area contributed by atoms with E-state index in [1.807, 2.05) is 0 Å². The minimum absolute atomic E-state index is 0.0847. The Balaban J connectivity index is 4.24. The molecule has 0 aliphatic carbocycles. The van der Waals surface area contributed by atoms with Crippen LogP contribution in [0.4, 0.5) is 0 Å². The lowest BCUT2D eigenvalue weighted by atomic mass is 10.0. The molecule has 0 aliphatic rings. The molecular weight excluding hydrogens is 717 g/mol. The topological polar surface area (TPSA) is 61.8 Å². The summed E-state index contributed by atoms with van der Waals surface area (Å²) in [5, 5.41) is 0. The van der Waals surface area contributed by atoms with Gasteiger partial charge in [0.1, 0.15) is 6.61 Å². The van der Waals surface area contributed by atoms with Crippen molar-refractivity contribution in [2.75, 3.05) is 19.8 Å². The summed E-state index contributed by atoms with van der Waals surface area (Å²) in [6, 6.07) is 0. The smallest absolute Gasteiger partial charge is 0.306 e. The van der Waals surface area contributed by atoms with Crippen molar-refractivity contribution in [3.05, 3.63) is 24.3 Å². The number of rotatable bonds is 48. The standard InChI is InChI=1S/C53H100O5/c1-4-7-10-13-16-19-22-25-26-27-30-33-36-39-42-45-48-56-49-51(58-53(55)47-44-41-38-35-32-29-24-21-18-15-12-9-6-3)50-57-52(54)46-43-40-37-34-31-28-23-20-17-14-11-8-5-2/h20,23,25-26,51H,4-19,21-22,24,27-50H2,1-3H3/b23-20-,26-25-. The van der Waals surface area contributed by atoms with Crippen LogP contribution in [0.1, 0.15) is 278 Å². The molecule has 0 saturated heterocycles. The van der Waals surface area contributed by atoms with E-state index in [1.165, 1.54) is 193 Å². The first-order valence-corrected chi connectivity index (χ1v) is 25.9. The first-order chi connectivity index (χ1) is 28.6. The molecule has 0 aromatic rings. The van der Waals surface area contributed by atoms with Crippen LogP contribution in [0, 0.1) is 0 Å². The predicted molar refractivity (Wildman–Crippen MR) is 252 cm³/mol. The van der Waals surface area contributed by atoms with Crippen LogP contribution >= 0.6 is 0 Å². The average molecular weight is 817 g/mol. The third-order valence-corrected chi connectivity index (χ3v) is 11.5. The highest BCUT2D eigenvalue weighted by Gasteiger charge is 2.17. The van der Waals surface area contributed by atoms with Crippen LogP contribution < -0.4 is 0 Å². The summed E-state index contributed by atoms with van der Waals surface area (Å²) < 4.78 is 17.4. The molecule has 0 fully saturated rings. The van der Waals surface area contributed by atoms with Crippen molar-refractivity contribution in [2.45, 2.75) is 284 Å². The third kappa shape index (κ3) is 47.1. The monoisotopic (exact) mass is 817 g/mol. The van der Waals surface area contributed by atoms with Gasteiger partial charge in [0.15, 0.2) is 6.10 Å². The maximum Gasteiger partial charge on any atom is 0.306 e. The van der Waals surface area contributed by atoms with Crippen molar-refractivity contribution in [2.24, 2.45) is 0 Å². The van der Waals surface area contributed by atoms with Crippen molar-refractivity contribution in [3.63, 3.8) is 0 Å². The fourth-order valence-corrected chi connectivity index (χ4v) is 7.56. The summed E-state index contributed by atoms with van der Waals surface area (Å²) in [7, 11) is 0. The van der Waals surface area contributed by atoms with Gasteiger partial charge >= 0.3 is 11.9 Å². The molecule has 0 aromatic heterocycles. The molecule has 342 valence electrons. The first kappa shape index (κ1) is 56.4. The normalized spacial score (nSPS) is 12.3. The van der Waals surface area contributed by atoms with Gasteiger partial charge in [-0.2, -0.15) is 0 Å². The van der Waals surface area contributed by atoms with E-state index in [0.717, 1.165) is 51.4 Å². The zero-order valence-corrected chi connectivity index (χ0v) is 39.3. The maximum absolute atomic E-state index is 12.8. The van der Waals surface area contributed by atoms with E-state index >= 15 is 0 Å². The number of unbranched alkanes of at least 4 members (excludes halogenated alkanes) is 33. The maximum atomic E-state index is 12.8. The lowest BCUT2D eigenvalue weighted by Gasteiger charge is -2.18. The largest absolute Gasteiger partial charge is 0.462 e. The summed E-state index contributed by atoms with van der Waals surface area (Å²) in [6.07, 6.45) is 57.5. The Hall–Kier alpha value is -1.62. The first-order valence-electron chi connectivity index (χ1n) is 25.9. The van der Waals surface area contributed by atoms with Crippen molar-refractivity contribution in [1.82, 2.24) is 0 Å². The van der Waals surface area contributed by atoms with E-state index in [-0.39, 0.29) is 25.2 Å². The van der Waals surface area contributed by atoms with Gasteiger partial charge in [0.05, 0.1) is 6.61 Å².